The summed E-state index contributed by atoms with van der Waals surface area (Å²) in [6, 6.07) is 14.5. The summed E-state index contributed by atoms with van der Waals surface area (Å²) in [6.07, 6.45) is -0.406. The van der Waals surface area contributed by atoms with Gasteiger partial charge in [-0.15, -0.1) is 0 Å². The van der Waals surface area contributed by atoms with E-state index in [0.717, 1.165) is 0 Å². The second-order valence-corrected chi connectivity index (χ2v) is 7.17. The second kappa shape index (κ2) is 8.71. The van der Waals surface area contributed by atoms with E-state index >= 15 is 0 Å². The molecule has 0 spiro atoms. The summed E-state index contributed by atoms with van der Waals surface area (Å²) >= 11 is 0. The molecule has 2 aromatic rings. The van der Waals surface area contributed by atoms with Gasteiger partial charge in [-0.05, 0) is 46.8 Å². The molecule has 0 radical (unpaired) electrons. The van der Waals surface area contributed by atoms with E-state index in [-0.39, 0.29) is 5.97 Å². The number of carbonyl (C=O) groups excluding carboxylic acids is 2. The fourth-order valence-corrected chi connectivity index (χ4v) is 2.45. The van der Waals surface area contributed by atoms with Crippen LogP contribution in [-0.2, 0) is 4.79 Å². The Hall–Kier alpha value is -2.82. The minimum absolute atomic E-state index is 0.326. The summed E-state index contributed by atoms with van der Waals surface area (Å²) in [7, 11) is 0. The molecule has 0 aliphatic rings. The Bertz CT molecular complexity index is 804. The summed E-state index contributed by atoms with van der Waals surface area (Å²) in [5.41, 5.74) is 0.760. The Balaban J connectivity index is 2.40. The van der Waals surface area contributed by atoms with Gasteiger partial charge in [0.25, 0.3) is 0 Å². The van der Waals surface area contributed by atoms with Crippen LogP contribution in [0.3, 0.4) is 0 Å². The van der Waals surface area contributed by atoms with Gasteiger partial charge < -0.3 is 14.4 Å². The van der Waals surface area contributed by atoms with Crippen LogP contribution in [0, 0.1) is 5.41 Å². The molecule has 0 fully saturated rings. The number of hydrogen-bond acceptors (Lipinski definition) is 4. The van der Waals surface area contributed by atoms with Crippen LogP contribution in [0.5, 0.6) is 11.5 Å². The lowest BCUT2D eigenvalue weighted by atomic mass is 9.97. The van der Waals surface area contributed by atoms with Crippen molar-refractivity contribution in [3.63, 3.8) is 0 Å². The third-order valence-electron chi connectivity index (χ3n) is 4.10. The first-order valence-electron chi connectivity index (χ1n) is 9.15. The van der Waals surface area contributed by atoms with Gasteiger partial charge in [-0.25, -0.2) is 4.79 Å². The molecule has 0 saturated carbocycles. The maximum atomic E-state index is 12.4. The standard InChI is InChI=1S/C22H27NO4/c1-6-23(7-2)21(25)27-19-15-11-9-13-17(19)16-12-8-10-14-18(16)26-20(24)22(3,4)5/h8-15H,6-7H2,1-5H3. The van der Waals surface area contributed by atoms with E-state index in [9.17, 15) is 9.59 Å². The maximum absolute atomic E-state index is 12.4. The zero-order chi connectivity index (χ0) is 20.0. The lowest BCUT2D eigenvalue weighted by Gasteiger charge is -2.20. The fourth-order valence-electron chi connectivity index (χ4n) is 2.45. The van der Waals surface area contributed by atoms with E-state index in [2.05, 4.69) is 0 Å². The van der Waals surface area contributed by atoms with Crippen LogP contribution in [0.2, 0.25) is 0 Å². The van der Waals surface area contributed by atoms with Crippen molar-refractivity contribution in [2.45, 2.75) is 34.6 Å². The number of esters is 1. The molecule has 2 aromatic carbocycles. The topological polar surface area (TPSA) is 55.8 Å². The molecule has 0 atom stereocenters. The highest BCUT2D eigenvalue weighted by atomic mass is 16.6. The Morgan fingerprint density at radius 1 is 0.815 bits per heavy atom. The van der Waals surface area contributed by atoms with E-state index in [0.29, 0.717) is 35.7 Å². The van der Waals surface area contributed by atoms with E-state index in [1.165, 1.54) is 0 Å². The van der Waals surface area contributed by atoms with E-state index in [1.807, 2.05) is 38.1 Å². The largest absolute Gasteiger partial charge is 0.425 e. The van der Waals surface area contributed by atoms with Crippen molar-refractivity contribution in [2.24, 2.45) is 5.41 Å². The number of amides is 1. The van der Waals surface area contributed by atoms with Gasteiger partial charge in [-0.1, -0.05) is 36.4 Å². The summed E-state index contributed by atoms with van der Waals surface area (Å²) in [6.45, 7) is 10.3. The average molecular weight is 369 g/mol. The number of carbonyl (C=O) groups is 2. The second-order valence-electron chi connectivity index (χ2n) is 7.17. The predicted octanol–water partition coefficient (Wildman–Crippen LogP) is 5.15. The molecule has 0 aliphatic carbocycles. The van der Waals surface area contributed by atoms with E-state index in [4.69, 9.17) is 9.47 Å². The molecule has 1 amide bonds. The molecule has 27 heavy (non-hydrogen) atoms. The molecule has 0 unspecified atom stereocenters. The highest BCUT2D eigenvalue weighted by Gasteiger charge is 2.25. The van der Waals surface area contributed by atoms with Gasteiger partial charge in [-0.2, -0.15) is 0 Å². The Labute approximate surface area is 160 Å². The smallest absolute Gasteiger partial charge is 0.415 e. The van der Waals surface area contributed by atoms with Crippen LogP contribution in [0.25, 0.3) is 11.1 Å². The van der Waals surface area contributed by atoms with Gasteiger partial charge in [0.15, 0.2) is 0 Å². The average Bonchev–Trinajstić information content (AvgIpc) is 2.63. The highest BCUT2D eigenvalue weighted by molar-refractivity contribution is 5.84. The quantitative estimate of drug-likeness (QED) is 0.540. The first-order chi connectivity index (χ1) is 12.8. The van der Waals surface area contributed by atoms with Crippen molar-refractivity contribution in [3.8, 4) is 22.6 Å². The summed E-state index contributed by atoms with van der Waals surface area (Å²) in [5.74, 6) is 0.532. The number of ether oxygens (including phenoxy) is 2. The first kappa shape index (κ1) is 20.5. The van der Waals surface area contributed by atoms with E-state index < -0.39 is 11.5 Å². The third-order valence-corrected chi connectivity index (χ3v) is 4.10. The van der Waals surface area contributed by atoms with Crippen LogP contribution in [0.15, 0.2) is 48.5 Å². The summed E-state index contributed by atoms with van der Waals surface area (Å²) in [5, 5.41) is 0. The minimum Gasteiger partial charge on any atom is -0.425 e. The van der Waals surface area contributed by atoms with E-state index in [1.54, 1.807) is 49.9 Å². The Morgan fingerprint density at radius 2 is 1.26 bits per heavy atom. The van der Waals surface area contributed by atoms with Crippen LogP contribution in [-0.4, -0.2) is 30.1 Å². The van der Waals surface area contributed by atoms with Crippen molar-refractivity contribution in [1.29, 1.82) is 0 Å². The SMILES string of the molecule is CCN(CC)C(=O)Oc1ccccc1-c1ccccc1OC(=O)C(C)(C)C. The monoisotopic (exact) mass is 369 g/mol. The molecule has 0 bridgehead atoms. The predicted molar refractivity (Wildman–Crippen MR) is 106 cm³/mol. The van der Waals surface area contributed by atoms with Gasteiger partial charge in [0.05, 0.1) is 5.41 Å². The molecule has 0 N–H and O–H groups in total. The number of nitrogens with zero attached hydrogens (tertiary/aromatic N) is 1. The van der Waals surface area contributed by atoms with Gasteiger partial charge in [0.1, 0.15) is 11.5 Å². The minimum atomic E-state index is -0.623. The van der Waals surface area contributed by atoms with Gasteiger partial charge >= 0.3 is 12.1 Å². The number of benzene rings is 2. The van der Waals surface area contributed by atoms with Crippen LogP contribution >= 0.6 is 0 Å². The van der Waals surface area contributed by atoms with Gasteiger partial charge in [0, 0.05) is 24.2 Å². The molecular weight excluding hydrogens is 342 g/mol. The Morgan fingerprint density at radius 3 is 1.70 bits per heavy atom. The lowest BCUT2D eigenvalue weighted by Crippen LogP contribution is -2.33. The van der Waals surface area contributed by atoms with Crippen LogP contribution < -0.4 is 9.47 Å². The van der Waals surface area contributed by atoms with Gasteiger partial charge in [0.2, 0.25) is 0 Å². The van der Waals surface area contributed by atoms with Crippen molar-refractivity contribution >= 4 is 12.1 Å². The highest BCUT2D eigenvalue weighted by Crippen LogP contribution is 2.37. The number of rotatable bonds is 5. The lowest BCUT2D eigenvalue weighted by molar-refractivity contribution is -0.142. The zero-order valence-corrected chi connectivity index (χ0v) is 16.6. The molecule has 0 aromatic heterocycles. The van der Waals surface area contributed by atoms with Crippen LogP contribution in [0.1, 0.15) is 34.6 Å². The molecule has 0 heterocycles. The van der Waals surface area contributed by atoms with Crippen molar-refractivity contribution in [2.75, 3.05) is 13.1 Å². The third kappa shape index (κ3) is 5.09. The molecule has 0 aliphatic heterocycles. The fraction of sp³-hybridized carbons (Fsp3) is 0.364. The van der Waals surface area contributed by atoms with Crippen molar-refractivity contribution in [1.82, 2.24) is 4.90 Å². The molecule has 144 valence electrons. The molecule has 0 saturated heterocycles. The molecule has 2 rings (SSSR count). The number of hydrogen-bond donors (Lipinski definition) is 0. The van der Waals surface area contributed by atoms with Crippen molar-refractivity contribution in [3.05, 3.63) is 48.5 Å². The van der Waals surface area contributed by atoms with Gasteiger partial charge in [-0.3, -0.25) is 4.79 Å². The normalized spacial score (nSPS) is 11.0. The summed E-state index contributed by atoms with van der Waals surface area (Å²) < 4.78 is 11.2. The number of para-hydroxylation sites is 2. The van der Waals surface area contributed by atoms with Crippen molar-refractivity contribution < 1.29 is 19.1 Å². The Kier molecular flexibility index (Phi) is 6.61. The molecule has 5 heteroatoms. The maximum Gasteiger partial charge on any atom is 0.415 e. The summed E-state index contributed by atoms with van der Waals surface area (Å²) in [4.78, 5) is 26.3. The first-order valence-corrected chi connectivity index (χ1v) is 9.15. The molecular formula is C22H27NO4. The molecule has 5 nitrogen and oxygen atoms in total. The zero-order valence-electron chi connectivity index (χ0n) is 16.6. The van der Waals surface area contributed by atoms with Crippen LogP contribution in [0.4, 0.5) is 4.79 Å².